The number of methoxy groups -OCH3 is 1. The van der Waals surface area contributed by atoms with E-state index in [-0.39, 0.29) is 31.2 Å². The summed E-state index contributed by atoms with van der Waals surface area (Å²) in [6.45, 7) is -0.207. The first-order chi connectivity index (χ1) is 9.49. The van der Waals surface area contributed by atoms with Crippen molar-refractivity contribution in [1.82, 2.24) is 4.90 Å². The average Bonchev–Trinajstić information content (AvgIpc) is 2.78. The molecule has 106 valence electrons. The number of carbonyl (C=O) groups excluding carboxylic acids is 3. The molecule has 1 atom stereocenters. The number of nitrogens with zero attached hydrogens (tertiary/aromatic N) is 1. The molecule has 6 heteroatoms. The molecule has 1 heterocycles. The van der Waals surface area contributed by atoms with Crippen LogP contribution in [0, 0.1) is 0 Å². The summed E-state index contributed by atoms with van der Waals surface area (Å²) in [5, 5.41) is 0. The van der Waals surface area contributed by atoms with Crippen molar-refractivity contribution in [2.45, 2.75) is 18.4 Å². The summed E-state index contributed by atoms with van der Waals surface area (Å²) in [6, 6.07) is 8.58. The maximum atomic E-state index is 12.0. The first-order valence-electron chi connectivity index (χ1n) is 6.25. The van der Waals surface area contributed by atoms with Crippen molar-refractivity contribution in [3.63, 3.8) is 0 Å². The minimum atomic E-state index is -1.55. The SMILES string of the molecule is COC(=O)C(N)(CN1C(=O)CCC1=O)c1ccccc1. The van der Waals surface area contributed by atoms with E-state index in [0.29, 0.717) is 5.56 Å². The predicted octanol–water partition coefficient (Wildman–Crippen LogP) is 0.163. The molecule has 0 aliphatic carbocycles. The van der Waals surface area contributed by atoms with Gasteiger partial charge in [0.15, 0.2) is 5.54 Å². The van der Waals surface area contributed by atoms with E-state index in [1.807, 2.05) is 0 Å². The third kappa shape index (κ3) is 2.42. The fourth-order valence-corrected chi connectivity index (χ4v) is 2.24. The Bertz CT molecular complexity index is 527. The molecule has 0 spiro atoms. The van der Waals surface area contributed by atoms with Gasteiger partial charge in [0.1, 0.15) is 0 Å². The van der Waals surface area contributed by atoms with E-state index in [0.717, 1.165) is 4.90 Å². The van der Waals surface area contributed by atoms with Crippen LogP contribution in [0.3, 0.4) is 0 Å². The third-order valence-corrected chi connectivity index (χ3v) is 3.40. The molecule has 0 aromatic heterocycles. The summed E-state index contributed by atoms with van der Waals surface area (Å²) in [4.78, 5) is 36.5. The highest BCUT2D eigenvalue weighted by Crippen LogP contribution is 2.24. The molecule has 2 N–H and O–H groups in total. The minimum absolute atomic E-state index is 0.158. The summed E-state index contributed by atoms with van der Waals surface area (Å²) in [7, 11) is 1.22. The lowest BCUT2D eigenvalue weighted by Crippen LogP contribution is -2.55. The molecule has 6 nitrogen and oxygen atoms in total. The van der Waals surface area contributed by atoms with E-state index in [1.165, 1.54) is 7.11 Å². The van der Waals surface area contributed by atoms with Gasteiger partial charge in [-0.25, -0.2) is 4.79 Å². The number of ether oxygens (including phenoxy) is 1. The zero-order valence-corrected chi connectivity index (χ0v) is 11.2. The zero-order chi connectivity index (χ0) is 14.8. The molecule has 0 saturated carbocycles. The van der Waals surface area contributed by atoms with Gasteiger partial charge in [-0.1, -0.05) is 30.3 Å². The Morgan fingerprint density at radius 1 is 1.25 bits per heavy atom. The molecule has 0 radical (unpaired) electrons. The van der Waals surface area contributed by atoms with Gasteiger partial charge in [0.05, 0.1) is 13.7 Å². The van der Waals surface area contributed by atoms with Gasteiger partial charge in [0.25, 0.3) is 0 Å². The summed E-state index contributed by atoms with van der Waals surface area (Å²) in [6.07, 6.45) is 0.315. The van der Waals surface area contributed by atoms with Crippen molar-refractivity contribution in [2.75, 3.05) is 13.7 Å². The highest BCUT2D eigenvalue weighted by Gasteiger charge is 2.43. The van der Waals surface area contributed by atoms with Gasteiger partial charge < -0.3 is 10.5 Å². The molecule has 0 bridgehead atoms. The Balaban J connectivity index is 2.36. The van der Waals surface area contributed by atoms with Crippen LogP contribution in [-0.4, -0.2) is 36.3 Å². The lowest BCUT2D eigenvalue weighted by Gasteiger charge is -2.30. The number of nitrogens with two attached hydrogens (primary N) is 1. The number of likely N-dealkylation sites (tertiary alicyclic amines) is 1. The van der Waals surface area contributed by atoms with Gasteiger partial charge in [-0.05, 0) is 5.56 Å². The van der Waals surface area contributed by atoms with Crippen molar-refractivity contribution < 1.29 is 19.1 Å². The maximum Gasteiger partial charge on any atom is 0.332 e. The van der Waals surface area contributed by atoms with E-state index in [4.69, 9.17) is 10.5 Å². The smallest absolute Gasteiger partial charge is 0.332 e. The van der Waals surface area contributed by atoms with Crippen LogP contribution in [-0.2, 0) is 24.7 Å². The molecule has 1 aliphatic rings. The number of benzene rings is 1. The standard InChI is InChI=1S/C14H16N2O4/c1-20-13(19)14(15,10-5-3-2-4-6-10)9-16-11(17)7-8-12(16)18/h2-6H,7-9,15H2,1H3. The number of rotatable bonds is 4. The fourth-order valence-electron chi connectivity index (χ4n) is 2.24. The molecule has 2 rings (SSSR count). The number of esters is 1. The Kier molecular flexibility index (Phi) is 3.85. The van der Waals surface area contributed by atoms with Gasteiger partial charge in [-0.15, -0.1) is 0 Å². The van der Waals surface area contributed by atoms with Crippen molar-refractivity contribution in [2.24, 2.45) is 5.73 Å². The van der Waals surface area contributed by atoms with Crippen LogP contribution in [0.25, 0.3) is 0 Å². The monoisotopic (exact) mass is 276 g/mol. The molecule has 1 aromatic rings. The van der Waals surface area contributed by atoms with Crippen LogP contribution in [0.4, 0.5) is 0 Å². The predicted molar refractivity (Wildman–Crippen MR) is 70.3 cm³/mol. The Morgan fingerprint density at radius 3 is 2.30 bits per heavy atom. The van der Waals surface area contributed by atoms with E-state index in [9.17, 15) is 14.4 Å². The summed E-state index contributed by atoms with van der Waals surface area (Å²) in [5.74, 6) is -1.31. The van der Waals surface area contributed by atoms with Gasteiger partial charge >= 0.3 is 5.97 Å². The van der Waals surface area contributed by atoms with Crippen LogP contribution < -0.4 is 5.73 Å². The van der Waals surface area contributed by atoms with Crippen LogP contribution >= 0.6 is 0 Å². The van der Waals surface area contributed by atoms with Crippen molar-refractivity contribution in [3.05, 3.63) is 35.9 Å². The second kappa shape index (κ2) is 5.42. The second-order valence-corrected chi connectivity index (χ2v) is 4.70. The molecule has 1 saturated heterocycles. The zero-order valence-electron chi connectivity index (χ0n) is 11.2. The first kappa shape index (κ1) is 14.2. The summed E-state index contributed by atoms with van der Waals surface area (Å²) in [5.41, 5.74) is 5.11. The molecule has 1 aliphatic heterocycles. The molecule has 20 heavy (non-hydrogen) atoms. The molecule has 1 unspecified atom stereocenters. The number of imide groups is 1. The van der Waals surface area contributed by atoms with Crippen LogP contribution in [0.15, 0.2) is 30.3 Å². The normalized spacial score (nSPS) is 18.0. The van der Waals surface area contributed by atoms with Crippen LogP contribution in [0.2, 0.25) is 0 Å². The van der Waals surface area contributed by atoms with Crippen LogP contribution in [0.5, 0.6) is 0 Å². The first-order valence-corrected chi connectivity index (χ1v) is 6.25. The fraction of sp³-hybridized carbons (Fsp3) is 0.357. The minimum Gasteiger partial charge on any atom is -0.467 e. The van der Waals surface area contributed by atoms with Crippen molar-refractivity contribution in [1.29, 1.82) is 0 Å². The second-order valence-electron chi connectivity index (χ2n) is 4.70. The average molecular weight is 276 g/mol. The van der Waals surface area contributed by atoms with E-state index in [2.05, 4.69) is 0 Å². The number of hydrogen-bond donors (Lipinski definition) is 1. The number of carbonyl (C=O) groups is 3. The van der Waals surface area contributed by atoms with E-state index >= 15 is 0 Å². The lowest BCUT2D eigenvalue weighted by molar-refractivity contribution is -0.150. The Labute approximate surface area is 116 Å². The van der Waals surface area contributed by atoms with Crippen molar-refractivity contribution in [3.8, 4) is 0 Å². The third-order valence-electron chi connectivity index (χ3n) is 3.40. The Hall–Kier alpha value is -2.21. The molecular formula is C14H16N2O4. The van der Waals surface area contributed by atoms with Crippen LogP contribution in [0.1, 0.15) is 18.4 Å². The highest BCUT2D eigenvalue weighted by atomic mass is 16.5. The summed E-state index contributed by atoms with van der Waals surface area (Å²) < 4.78 is 4.74. The number of hydrogen-bond acceptors (Lipinski definition) is 5. The van der Waals surface area contributed by atoms with E-state index in [1.54, 1.807) is 30.3 Å². The molecule has 2 amide bonds. The maximum absolute atomic E-state index is 12.0. The highest BCUT2D eigenvalue weighted by molar-refractivity contribution is 6.02. The van der Waals surface area contributed by atoms with E-state index < -0.39 is 11.5 Å². The van der Waals surface area contributed by atoms with Gasteiger partial charge in [-0.3, -0.25) is 14.5 Å². The van der Waals surface area contributed by atoms with Gasteiger partial charge in [0, 0.05) is 12.8 Å². The molecular weight excluding hydrogens is 260 g/mol. The molecule has 1 aromatic carbocycles. The Morgan fingerprint density at radius 2 is 1.80 bits per heavy atom. The van der Waals surface area contributed by atoms with Gasteiger partial charge in [0.2, 0.25) is 11.8 Å². The topological polar surface area (TPSA) is 89.7 Å². The largest absolute Gasteiger partial charge is 0.467 e. The number of amides is 2. The molecule has 1 fully saturated rings. The van der Waals surface area contributed by atoms with Gasteiger partial charge in [-0.2, -0.15) is 0 Å². The van der Waals surface area contributed by atoms with Crippen molar-refractivity contribution >= 4 is 17.8 Å². The quantitative estimate of drug-likeness (QED) is 0.625. The summed E-state index contributed by atoms with van der Waals surface area (Å²) >= 11 is 0. The lowest BCUT2D eigenvalue weighted by atomic mass is 9.90.